The van der Waals surface area contributed by atoms with E-state index < -0.39 is 51.2 Å². The molecule has 0 aliphatic carbocycles. The SMILES string of the molecule is O=[N+]([O-])c1ccccc1S(=O)(=O)Oc1ccc(OS(=O)(=O)c2ccccc2[N+](=O)[O-])cc1. The minimum Gasteiger partial charge on any atom is -0.379 e. The first-order valence-electron chi connectivity index (χ1n) is 8.47. The average Bonchev–Trinajstić information content (AvgIpc) is 2.74. The Morgan fingerprint density at radius 1 is 0.562 bits per heavy atom. The molecule has 0 bridgehead atoms. The van der Waals surface area contributed by atoms with Crippen molar-refractivity contribution < 1.29 is 35.0 Å². The van der Waals surface area contributed by atoms with Gasteiger partial charge in [0.25, 0.3) is 11.4 Å². The maximum absolute atomic E-state index is 12.4. The average molecular weight is 480 g/mol. The largest absolute Gasteiger partial charge is 0.379 e. The van der Waals surface area contributed by atoms with Gasteiger partial charge in [-0.05, 0) is 36.4 Å². The van der Waals surface area contributed by atoms with Crippen LogP contribution in [0.4, 0.5) is 11.4 Å². The highest BCUT2D eigenvalue weighted by molar-refractivity contribution is 7.87. The van der Waals surface area contributed by atoms with Crippen LogP contribution in [0, 0.1) is 20.2 Å². The lowest BCUT2D eigenvalue weighted by atomic mass is 10.3. The summed E-state index contributed by atoms with van der Waals surface area (Å²) in [5.41, 5.74) is -1.36. The van der Waals surface area contributed by atoms with E-state index in [1.807, 2.05) is 0 Å². The Balaban J connectivity index is 1.83. The summed E-state index contributed by atoms with van der Waals surface area (Å²) in [5, 5.41) is 22.1. The molecule has 0 N–H and O–H groups in total. The van der Waals surface area contributed by atoms with E-state index in [0.717, 1.165) is 48.5 Å². The van der Waals surface area contributed by atoms with Crippen LogP contribution in [0.2, 0.25) is 0 Å². The third kappa shape index (κ3) is 4.81. The predicted molar refractivity (Wildman–Crippen MR) is 108 cm³/mol. The van der Waals surface area contributed by atoms with E-state index in [1.165, 1.54) is 24.3 Å². The van der Waals surface area contributed by atoms with E-state index in [-0.39, 0.29) is 11.5 Å². The summed E-state index contributed by atoms with van der Waals surface area (Å²) in [6.07, 6.45) is 0. The standard InChI is InChI=1S/C18H12N2O10S2/c21-19(22)15-5-1-3-7-17(15)31(25,26)29-13-9-11-14(12-10-13)30-32(27,28)18-8-4-2-6-16(18)20(23)24/h1-12H. The Morgan fingerprint density at radius 3 is 1.19 bits per heavy atom. The Hall–Kier alpha value is -4.04. The maximum atomic E-state index is 12.4. The van der Waals surface area contributed by atoms with E-state index in [2.05, 4.69) is 0 Å². The molecule has 14 heteroatoms. The second kappa shape index (κ2) is 8.60. The van der Waals surface area contributed by atoms with Gasteiger partial charge < -0.3 is 8.37 Å². The van der Waals surface area contributed by atoms with Gasteiger partial charge in [-0.1, -0.05) is 24.3 Å². The number of para-hydroxylation sites is 2. The molecule has 0 heterocycles. The van der Waals surface area contributed by atoms with Crippen LogP contribution in [0.15, 0.2) is 82.6 Å². The second-order valence-electron chi connectivity index (χ2n) is 6.00. The molecule has 166 valence electrons. The molecule has 0 aliphatic heterocycles. The summed E-state index contributed by atoms with van der Waals surface area (Å²) in [4.78, 5) is 19.0. The minimum atomic E-state index is -4.57. The molecule has 12 nitrogen and oxygen atoms in total. The van der Waals surface area contributed by atoms with E-state index >= 15 is 0 Å². The van der Waals surface area contributed by atoms with Gasteiger partial charge in [-0.3, -0.25) is 20.2 Å². The molecule has 0 fully saturated rings. The summed E-state index contributed by atoms with van der Waals surface area (Å²) in [6, 6.07) is 13.4. The second-order valence-corrected chi connectivity index (χ2v) is 9.03. The summed E-state index contributed by atoms with van der Waals surface area (Å²) < 4.78 is 59.4. The molecule has 0 saturated carbocycles. The van der Waals surface area contributed by atoms with Gasteiger partial charge in [-0.15, -0.1) is 0 Å². The van der Waals surface area contributed by atoms with Gasteiger partial charge >= 0.3 is 20.2 Å². The lowest BCUT2D eigenvalue weighted by molar-refractivity contribution is -0.388. The first-order chi connectivity index (χ1) is 15.0. The highest BCUT2D eigenvalue weighted by Gasteiger charge is 2.28. The fraction of sp³-hybridized carbons (Fsp3) is 0. The fourth-order valence-electron chi connectivity index (χ4n) is 2.53. The van der Waals surface area contributed by atoms with Gasteiger partial charge in [0.1, 0.15) is 11.5 Å². The zero-order valence-corrected chi connectivity index (χ0v) is 17.4. The molecule has 0 spiro atoms. The molecule has 0 amide bonds. The number of benzene rings is 3. The Bertz CT molecular complexity index is 1290. The van der Waals surface area contributed by atoms with Gasteiger partial charge in [-0.25, -0.2) is 0 Å². The molecule has 0 saturated heterocycles. The quantitative estimate of drug-likeness (QED) is 0.265. The van der Waals surface area contributed by atoms with Crippen molar-refractivity contribution in [3.63, 3.8) is 0 Å². The molecule has 3 aromatic carbocycles. The van der Waals surface area contributed by atoms with Crippen molar-refractivity contribution >= 4 is 31.6 Å². The summed E-state index contributed by atoms with van der Waals surface area (Å²) in [5.74, 6) is -0.558. The fourth-order valence-corrected chi connectivity index (χ4v) is 4.73. The van der Waals surface area contributed by atoms with Crippen LogP contribution in [0.3, 0.4) is 0 Å². The van der Waals surface area contributed by atoms with Crippen molar-refractivity contribution in [3.8, 4) is 11.5 Å². The van der Waals surface area contributed by atoms with Gasteiger partial charge in [0, 0.05) is 12.1 Å². The number of rotatable bonds is 8. The van der Waals surface area contributed by atoms with Crippen molar-refractivity contribution in [2.75, 3.05) is 0 Å². The highest BCUT2D eigenvalue weighted by atomic mass is 32.2. The van der Waals surface area contributed by atoms with Crippen LogP contribution in [0.5, 0.6) is 11.5 Å². The summed E-state index contributed by atoms with van der Waals surface area (Å²) >= 11 is 0. The van der Waals surface area contributed by atoms with E-state index in [9.17, 15) is 37.1 Å². The number of hydrogen-bond donors (Lipinski definition) is 0. The number of nitro groups is 2. The van der Waals surface area contributed by atoms with Gasteiger partial charge in [0.2, 0.25) is 0 Å². The molecule has 0 aliphatic rings. The van der Waals surface area contributed by atoms with Crippen LogP contribution in [-0.4, -0.2) is 26.7 Å². The number of hydrogen-bond acceptors (Lipinski definition) is 10. The van der Waals surface area contributed by atoms with Crippen LogP contribution < -0.4 is 8.37 Å². The maximum Gasteiger partial charge on any atom is 0.346 e. The lowest BCUT2D eigenvalue weighted by Gasteiger charge is -2.09. The van der Waals surface area contributed by atoms with Crippen LogP contribution in [0.25, 0.3) is 0 Å². The first-order valence-corrected chi connectivity index (χ1v) is 11.3. The monoisotopic (exact) mass is 480 g/mol. The van der Waals surface area contributed by atoms with Crippen molar-refractivity contribution in [1.82, 2.24) is 0 Å². The lowest BCUT2D eigenvalue weighted by Crippen LogP contribution is -2.13. The van der Waals surface area contributed by atoms with Crippen LogP contribution in [0.1, 0.15) is 0 Å². The normalized spacial score (nSPS) is 11.5. The van der Waals surface area contributed by atoms with Gasteiger partial charge in [0.05, 0.1) is 9.85 Å². The third-order valence-electron chi connectivity index (χ3n) is 3.90. The number of nitrogens with zero attached hydrogens (tertiary/aromatic N) is 2. The third-order valence-corrected chi connectivity index (χ3v) is 6.49. The molecule has 3 aromatic rings. The number of nitro benzene ring substituents is 2. The topological polar surface area (TPSA) is 173 Å². The molecular formula is C18H12N2O10S2. The molecule has 0 unspecified atom stereocenters. The molecule has 32 heavy (non-hydrogen) atoms. The van der Waals surface area contributed by atoms with Crippen LogP contribution in [-0.2, 0) is 20.2 Å². The van der Waals surface area contributed by atoms with Crippen molar-refractivity contribution in [1.29, 1.82) is 0 Å². The van der Waals surface area contributed by atoms with E-state index in [1.54, 1.807) is 0 Å². The minimum absolute atomic E-state index is 0.279. The predicted octanol–water partition coefficient (Wildman–Crippen LogP) is 3.04. The molecule has 0 atom stereocenters. The van der Waals surface area contributed by atoms with Crippen molar-refractivity contribution in [3.05, 3.63) is 93.0 Å². The smallest absolute Gasteiger partial charge is 0.346 e. The Morgan fingerprint density at radius 2 is 0.875 bits per heavy atom. The van der Waals surface area contributed by atoms with Crippen LogP contribution >= 0.6 is 0 Å². The first kappa shape index (κ1) is 22.6. The van der Waals surface area contributed by atoms with Crippen molar-refractivity contribution in [2.24, 2.45) is 0 Å². The van der Waals surface area contributed by atoms with Crippen molar-refractivity contribution in [2.45, 2.75) is 9.79 Å². The van der Waals surface area contributed by atoms with E-state index in [0.29, 0.717) is 0 Å². The zero-order valence-electron chi connectivity index (χ0n) is 15.7. The zero-order chi connectivity index (χ0) is 23.5. The van der Waals surface area contributed by atoms with Gasteiger partial charge in [0.15, 0.2) is 9.79 Å². The highest BCUT2D eigenvalue weighted by Crippen LogP contribution is 2.29. The molecular weight excluding hydrogens is 468 g/mol. The van der Waals surface area contributed by atoms with E-state index in [4.69, 9.17) is 8.37 Å². The molecule has 0 radical (unpaired) electrons. The van der Waals surface area contributed by atoms with Gasteiger partial charge in [-0.2, -0.15) is 16.8 Å². The summed E-state index contributed by atoms with van der Waals surface area (Å²) in [7, 11) is -9.14. The molecule has 0 aromatic heterocycles. The molecule has 3 rings (SSSR count). The Labute approximate surface area is 181 Å². The summed E-state index contributed by atoms with van der Waals surface area (Å²) in [6.45, 7) is 0. The Kier molecular flexibility index (Phi) is 6.09.